The highest BCUT2D eigenvalue weighted by molar-refractivity contribution is 9.10. The quantitative estimate of drug-likeness (QED) is 0.506. The third-order valence-electron chi connectivity index (χ3n) is 2.45. The van der Waals surface area contributed by atoms with Gasteiger partial charge in [0.25, 0.3) is 0 Å². The predicted molar refractivity (Wildman–Crippen MR) is 79.3 cm³/mol. The molecule has 2 aromatic rings. The zero-order valence-corrected chi connectivity index (χ0v) is 12.2. The number of nitrogens with zero attached hydrogens (tertiary/aromatic N) is 1. The monoisotopic (exact) mass is 339 g/mol. The van der Waals surface area contributed by atoms with Crippen molar-refractivity contribution >= 4 is 33.7 Å². The minimum absolute atomic E-state index is 0.437. The van der Waals surface area contributed by atoms with Crippen molar-refractivity contribution in [2.45, 2.75) is 6.61 Å². The van der Waals surface area contributed by atoms with Gasteiger partial charge in [-0.3, -0.25) is 0 Å². The van der Waals surface area contributed by atoms with Crippen molar-refractivity contribution in [3.05, 3.63) is 63.1 Å². The summed E-state index contributed by atoms with van der Waals surface area (Å²) in [5, 5.41) is 12.1. The molecule has 2 aromatic carbocycles. The summed E-state index contributed by atoms with van der Waals surface area (Å²) in [5.74, 6) is 0.718. The standard InChI is InChI=1S/C14H11BrClNO2/c15-13-7-10(8-17-18)4-5-14(13)19-9-11-2-1-3-12(16)6-11/h1-8,18H,9H2. The van der Waals surface area contributed by atoms with Gasteiger partial charge in [-0.15, -0.1) is 0 Å². The molecule has 5 heteroatoms. The van der Waals surface area contributed by atoms with Gasteiger partial charge in [0.15, 0.2) is 0 Å². The van der Waals surface area contributed by atoms with Gasteiger partial charge < -0.3 is 9.94 Å². The molecule has 0 radical (unpaired) electrons. The van der Waals surface area contributed by atoms with E-state index in [2.05, 4.69) is 21.1 Å². The summed E-state index contributed by atoms with van der Waals surface area (Å²) in [6.45, 7) is 0.437. The van der Waals surface area contributed by atoms with Crippen LogP contribution in [0.25, 0.3) is 0 Å². The molecule has 0 aliphatic carbocycles. The molecule has 0 amide bonds. The summed E-state index contributed by atoms with van der Waals surface area (Å²) in [4.78, 5) is 0. The van der Waals surface area contributed by atoms with Crippen LogP contribution in [0.2, 0.25) is 5.02 Å². The highest BCUT2D eigenvalue weighted by atomic mass is 79.9. The molecule has 0 unspecified atom stereocenters. The Labute approximate surface area is 124 Å². The van der Waals surface area contributed by atoms with Gasteiger partial charge in [-0.25, -0.2) is 0 Å². The van der Waals surface area contributed by atoms with Crippen LogP contribution >= 0.6 is 27.5 Å². The van der Waals surface area contributed by atoms with Crippen molar-refractivity contribution in [3.8, 4) is 5.75 Å². The minimum Gasteiger partial charge on any atom is -0.488 e. The van der Waals surface area contributed by atoms with Gasteiger partial charge in [0, 0.05) is 5.02 Å². The van der Waals surface area contributed by atoms with E-state index in [4.69, 9.17) is 21.5 Å². The second-order valence-electron chi connectivity index (χ2n) is 3.85. The first-order valence-corrected chi connectivity index (χ1v) is 6.70. The fraction of sp³-hybridized carbons (Fsp3) is 0.0714. The van der Waals surface area contributed by atoms with Crippen LogP contribution in [-0.4, -0.2) is 11.4 Å². The molecule has 0 atom stereocenters. The zero-order valence-electron chi connectivity index (χ0n) is 9.88. The molecule has 0 fully saturated rings. The minimum atomic E-state index is 0.437. The Kier molecular flexibility index (Phi) is 4.82. The van der Waals surface area contributed by atoms with Crippen molar-refractivity contribution in [2.24, 2.45) is 5.16 Å². The predicted octanol–water partition coefficient (Wildman–Crippen LogP) is 4.49. The fourth-order valence-corrected chi connectivity index (χ4v) is 2.29. The van der Waals surface area contributed by atoms with Gasteiger partial charge in [-0.2, -0.15) is 0 Å². The summed E-state index contributed by atoms with van der Waals surface area (Å²) in [7, 11) is 0. The van der Waals surface area contributed by atoms with Gasteiger partial charge in [-0.1, -0.05) is 28.9 Å². The van der Waals surface area contributed by atoms with E-state index in [-0.39, 0.29) is 0 Å². The Balaban J connectivity index is 2.07. The molecular formula is C14H11BrClNO2. The molecule has 0 aliphatic rings. The van der Waals surface area contributed by atoms with E-state index >= 15 is 0 Å². The van der Waals surface area contributed by atoms with Gasteiger partial charge in [0.05, 0.1) is 10.7 Å². The number of hydrogen-bond acceptors (Lipinski definition) is 3. The summed E-state index contributed by atoms with van der Waals surface area (Å²) in [5.41, 5.74) is 1.78. The molecular weight excluding hydrogens is 330 g/mol. The number of oxime groups is 1. The van der Waals surface area contributed by atoms with E-state index in [0.29, 0.717) is 11.6 Å². The number of hydrogen-bond donors (Lipinski definition) is 1. The largest absolute Gasteiger partial charge is 0.488 e. The van der Waals surface area contributed by atoms with Crippen LogP contribution in [0.15, 0.2) is 52.1 Å². The first kappa shape index (κ1) is 13.9. The van der Waals surface area contributed by atoms with Crippen LogP contribution < -0.4 is 4.74 Å². The van der Waals surface area contributed by atoms with Crippen LogP contribution in [-0.2, 0) is 6.61 Å². The summed E-state index contributed by atoms with van der Waals surface area (Å²) in [6.07, 6.45) is 1.35. The van der Waals surface area contributed by atoms with Gasteiger partial charge in [0.2, 0.25) is 0 Å². The van der Waals surface area contributed by atoms with Crippen LogP contribution in [0.1, 0.15) is 11.1 Å². The van der Waals surface area contributed by atoms with Crippen molar-refractivity contribution in [3.63, 3.8) is 0 Å². The molecule has 0 saturated heterocycles. The maximum absolute atomic E-state index is 8.47. The van der Waals surface area contributed by atoms with Crippen LogP contribution in [0.5, 0.6) is 5.75 Å². The Morgan fingerprint density at radius 3 is 2.79 bits per heavy atom. The normalized spacial score (nSPS) is 10.8. The second kappa shape index (κ2) is 6.59. The van der Waals surface area contributed by atoms with E-state index in [1.807, 2.05) is 36.4 Å². The molecule has 2 rings (SSSR count). The highest BCUT2D eigenvalue weighted by Crippen LogP contribution is 2.26. The molecule has 0 aromatic heterocycles. The molecule has 98 valence electrons. The van der Waals surface area contributed by atoms with Crippen LogP contribution in [0.3, 0.4) is 0 Å². The van der Waals surface area contributed by atoms with Gasteiger partial charge >= 0.3 is 0 Å². The fourth-order valence-electron chi connectivity index (χ4n) is 1.57. The first-order valence-electron chi connectivity index (χ1n) is 5.53. The van der Waals surface area contributed by atoms with Crippen molar-refractivity contribution in [2.75, 3.05) is 0 Å². The Bertz CT molecular complexity index is 602. The van der Waals surface area contributed by atoms with Crippen molar-refractivity contribution < 1.29 is 9.94 Å². The molecule has 0 spiro atoms. The highest BCUT2D eigenvalue weighted by Gasteiger charge is 2.03. The summed E-state index contributed by atoms with van der Waals surface area (Å²) in [6, 6.07) is 13.0. The SMILES string of the molecule is ON=Cc1ccc(OCc2cccc(Cl)c2)c(Br)c1. The first-order chi connectivity index (χ1) is 9.19. The molecule has 3 nitrogen and oxygen atoms in total. The van der Waals surface area contributed by atoms with E-state index in [1.54, 1.807) is 6.07 Å². The lowest BCUT2D eigenvalue weighted by Crippen LogP contribution is -1.96. The molecule has 0 bridgehead atoms. The lowest BCUT2D eigenvalue weighted by molar-refractivity contribution is 0.304. The average molecular weight is 341 g/mol. The maximum Gasteiger partial charge on any atom is 0.134 e. The molecule has 19 heavy (non-hydrogen) atoms. The van der Waals surface area contributed by atoms with Crippen LogP contribution in [0, 0.1) is 0 Å². The Hall–Kier alpha value is -1.52. The number of benzene rings is 2. The molecule has 1 N–H and O–H groups in total. The third kappa shape index (κ3) is 3.98. The average Bonchev–Trinajstić information content (AvgIpc) is 2.38. The third-order valence-corrected chi connectivity index (χ3v) is 3.30. The topological polar surface area (TPSA) is 41.8 Å². The number of rotatable bonds is 4. The van der Waals surface area contributed by atoms with E-state index in [1.165, 1.54) is 6.21 Å². The lowest BCUT2D eigenvalue weighted by atomic mass is 10.2. The number of halogens is 2. The van der Waals surface area contributed by atoms with Crippen LogP contribution in [0.4, 0.5) is 0 Å². The number of ether oxygens (including phenoxy) is 1. The van der Waals surface area contributed by atoms with Gasteiger partial charge in [0.1, 0.15) is 12.4 Å². The smallest absolute Gasteiger partial charge is 0.134 e. The van der Waals surface area contributed by atoms with Crippen molar-refractivity contribution in [1.29, 1.82) is 0 Å². The molecule has 0 saturated carbocycles. The summed E-state index contributed by atoms with van der Waals surface area (Å²) >= 11 is 9.32. The Morgan fingerprint density at radius 1 is 1.26 bits per heavy atom. The van der Waals surface area contributed by atoms with Crippen molar-refractivity contribution in [1.82, 2.24) is 0 Å². The van der Waals surface area contributed by atoms with E-state index in [9.17, 15) is 0 Å². The summed E-state index contributed by atoms with van der Waals surface area (Å²) < 4.78 is 6.50. The zero-order chi connectivity index (χ0) is 13.7. The Morgan fingerprint density at radius 2 is 2.11 bits per heavy atom. The lowest BCUT2D eigenvalue weighted by Gasteiger charge is -2.09. The maximum atomic E-state index is 8.47. The van der Waals surface area contributed by atoms with E-state index < -0.39 is 0 Å². The van der Waals surface area contributed by atoms with Gasteiger partial charge in [-0.05, 0) is 57.4 Å². The second-order valence-corrected chi connectivity index (χ2v) is 5.14. The molecule has 0 aliphatic heterocycles. The molecule has 0 heterocycles. The van der Waals surface area contributed by atoms with E-state index in [0.717, 1.165) is 21.3 Å².